The molecule has 3 aromatic carbocycles. The number of carbonyl (C=O) groups excluding carboxylic acids is 1. The van der Waals surface area contributed by atoms with Gasteiger partial charge in [-0.25, -0.2) is 25.5 Å². The quantitative estimate of drug-likeness (QED) is 0.281. The molecule has 4 rings (SSSR count). The van der Waals surface area contributed by atoms with Crippen molar-refractivity contribution in [3.8, 4) is 0 Å². The van der Waals surface area contributed by atoms with Crippen molar-refractivity contribution in [2.75, 3.05) is 23.1 Å². The molecule has 8 nitrogen and oxygen atoms in total. The van der Waals surface area contributed by atoms with E-state index in [9.17, 15) is 39.2 Å². The second-order valence-corrected chi connectivity index (χ2v) is 13.9. The van der Waals surface area contributed by atoms with Crippen LogP contribution in [-0.4, -0.2) is 40.1 Å². The molecule has 1 heterocycles. The first-order valence-corrected chi connectivity index (χ1v) is 16.1. The summed E-state index contributed by atoms with van der Waals surface area (Å²) < 4.78 is 108. The number of hydrogen-bond donors (Lipinski definition) is 2. The van der Waals surface area contributed by atoms with Crippen molar-refractivity contribution < 1.29 is 39.2 Å². The number of nitrogens with zero attached hydrogens (tertiary/aromatic N) is 1. The molecule has 226 valence electrons. The van der Waals surface area contributed by atoms with Gasteiger partial charge in [0.05, 0.1) is 21.2 Å². The number of benzene rings is 3. The minimum atomic E-state index is -4.78. The van der Waals surface area contributed by atoms with E-state index in [1.165, 1.54) is 40.7 Å². The number of carbonyl (C=O) groups is 1. The van der Waals surface area contributed by atoms with Gasteiger partial charge >= 0.3 is 6.18 Å². The molecule has 0 radical (unpaired) electrons. The Bertz CT molecular complexity index is 1680. The average Bonchev–Trinajstić information content (AvgIpc) is 2.91. The van der Waals surface area contributed by atoms with Crippen LogP contribution in [-0.2, 0) is 36.8 Å². The van der Waals surface area contributed by atoms with Gasteiger partial charge in [-0.3, -0.25) is 9.52 Å². The summed E-state index contributed by atoms with van der Waals surface area (Å²) in [5.74, 6) is -2.28. The smallest absolute Gasteiger partial charge is 0.326 e. The molecule has 1 aliphatic rings. The zero-order chi connectivity index (χ0) is 30.9. The number of rotatable bonds is 8. The van der Waals surface area contributed by atoms with Crippen LogP contribution < -0.4 is 10.0 Å². The SMILES string of the molecule is O=C(Nc1ccc(S(=O)(=O)Nc2ccc(Cl)c(C(F)(F)F)c2)cc1)C1CCN(S(=O)(=O)Cc2c(F)cccc2Cl)CC1. The fourth-order valence-corrected chi connectivity index (χ4v) is 7.51. The lowest BCUT2D eigenvalue weighted by Gasteiger charge is -2.30. The zero-order valence-corrected chi connectivity index (χ0v) is 24.6. The highest BCUT2D eigenvalue weighted by Gasteiger charge is 2.34. The molecule has 42 heavy (non-hydrogen) atoms. The maximum Gasteiger partial charge on any atom is 0.417 e. The Hall–Kier alpha value is -2.91. The summed E-state index contributed by atoms with van der Waals surface area (Å²) in [5.41, 5.74) is -1.40. The molecular formula is C26H23Cl2F4N3O5S2. The Morgan fingerprint density at radius 2 is 1.52 bits per heavy atom. The summed E-state index contributed by atoms with van der Waals surface area (Å²) in [4.78, 5) is 12.5. The molecule has 1 amide bonds. The lowest BCUT2D eigenvalue weighted by atomic mass is 9.97. The van der Waals surface area contributed by atoms with Crippen LogP contribution in [0.3, 0.4) is 0 Å². The summed E-state index contributed by atoms with van der Waals surface area (Å²) in [6, 6.07) is 11.5. The molecule has 0 atom stereocenters. The van der Waals surface area contributed by atoms with Crippen molar-refractivity contribution in [3.63, 3.8) is 0 Å². The zero-order valence-electron chi connectivity index (χ0n) is 21.5. The fourth-order valence-electron chi connectivity index (χ4n) is 4.32. The van der Waals surface area contributed by atoms with Crippen molar-refractivity contribution >= 4 is 60.5 Å². The van der Waals surface area contributed by atoms with E-state index < -0.39 is 60.2 Å². The molecule has 0 aliphatic carbocycles. The number of amides is 1. The molecule has 3 aromatic rings. The normalized spacial score (nSPS) is 15.4. The molecule has 0 spiro atoms. The van der Waals surface area contributed by atoms with Gasteiger partial charge in [-0.1, -0.05) is 29.3 Å². The highest BCUT2D eigenvalue weighted by atomic mass is 35.5. The predicted molar refractivity (Wildman–Crippen MR) is 151 cm³/mol. The summed E-state index contributed by atoms with van der Waals surface area (Å²) in [5, 5.41) is 2.07. The van der Waals surface area contributed by atoms with E-state index >= 15 is 0 Å². The van der Waals surface area contributed by atoms with Gasteiger partial charge in [0.2, 0.25) is 15.9 Å². The molecule has 2 N–H and O–H groups in total. The van der Waals surface area contributed by atoms with Gasteiger partial charge in [-0.15, -0.1) is 0 Å². The summed E-state index contributed by atoms with van der Waals surface area (Å²) >= 11 is 11.5. The standard InChI is InChI=1S/C26H23Cl2F4N3O5S2/c27-22-2-1-3-24(29)20(22)15-41(37,38)35-12-10-16(11-13-35)25(36)33-17-4-7-19(8-5-17)42(39,40)34-18-6-9-23(28)21(14-18)26(30,31)32/h1-9,14,16,34H,10-13,15H2,(H,33,36). The van der Waals surface area contributed by atoms with Crippen molar-refractivity contribution in [1.82, 2.24) is 4.31 Å². The van der Waals surface area contributed by atoms with E-state index in [1.54, 1.807) is 0 Å². The van der Waals surface area contributed by atoms with Gasteiger partial charge in [0.15, 0.2) is 0 Å². The van der Waals surface area contributed by atoms with Crippen LogP contribution in [0.25, 0.3) is 0 Å². The summed E-state index contributed by atoms with van der Waals surface area (Å²) in [7, 11) is -8.16. The Labute approximate surface area is 249 Å². The summed E-state index contributed by atoms with van der Waals surface area (Å²) in [6.45, 7) is 0.0756. The third kappa shape index (κ3) is 7.53. The minimum absolute atomic E-state index is 0.00279. The number of halogens is 6. The first-order chi connectivity index (χ1) is 19.6. The number of sulfonamides is 2. The van der Waals surface area contributed by atoms with Gasteiger partial charge in [0.25, 0.3) is 10.0 Å². The molecule has 1 saturated heterocycles. The van der Waals surface area contributed by atoms with Crippen LogP contribution in [0, 0.1) is 11.7 Å². The minimum Gasteiger partial charge on any atom is -0.326 e. The van der Waals surface area contributed by atoms with E-state index in [1.807, 2.05) is 0 Å². The van der Waals surface area contributed by atoms with Crippen LogP contribution >= 0.6 is 23.2 Å². The van der Waals surface area contributed by atoms with E-state index in [0.29, 0.717) is 6.07 Å². The molecule has 0 aromatic heterocycles. The molecule has 1 fully saturated rings. The van der Waals surface area contributed by atoms with Crippen LogP contribution in [0.5, 0.6) is 0 Å². The average molecular weight is 669 g/mol. The molecule has 0 saturated carbocycles. The topological polar surface area (TPSA) is 113 Å². The molecular weight excluding hydrogens is 645 g/mol. The maximum absolute atomic E-state index is 14.1. The van der Waals surface area contributed by atoms with Crippen LogP contribution in [0.1, 0.15) is 24.0 Å². The first kappa shape index (κ1) is 32.0. The number of nitrogens with one attached hydrogen (secondary N) is 2. The molecule has 1 aliphatic heterocycles. The third-order valence-electron chi connectivity index (χ3n) is 6.56. The van der Waals surface area contributed by atoms with Gasteiger partial charge in [-0.2, -0.15) is 13.2 Å². The summed E-state index contributed by atoms with van der Waals surface area (Å²) in [6.07, 6.45) is -4.37. The van der Waals surface area contributed by atoms with E-state index in [0.717, 1.165) is 18.2 Å². The van der Waals surface area contributed by atoms with Gasteiger partial charge < -0.3 is 5.32 Å². The lowest BCUT2D eigenvalue weighted by Crippen LogP contribution is -2.42. The Kier molecular flexibility index (Phi) is 9.43. The van der Waals surface area contributed by atoms with Crippen LogP contribution in [0.4, 0.5) is 28.9 Å². The highest BCUT2D eigenvalue weighted by Crippen LogP contribution is 2.36. The molecule has 0 bridgehead atoms. The highest BCUT2D eigenvalue weighted by molar-refractivity contribution is 7.92. The van der Waals surface area contributed by atoms with Crippen molar-refractivity contribution in [1.29, 1.82) is 0 Å². The van der Waals surface area contributed by atoms with Gasteiger partial charge in [0, 0.05) is 41.0 Å². The van der Waals surface area contributed by atoms with E-state index in [2.05, 4.69) is 10.0 Å². The van der Waals surface area contributed by atoms with Crippen LogP contribution in [0.2, 0.25) is 10.0 Å². The number of anilines is 2. The number of piperidine rings is 1. The maximum atomic E-state index is 14.1. The third-order valence-corrected chi connectivity index (χ3v) is 10.4. The number of hydrogen-bond acceptors (Lipinski definition) is 5. The van der Waals surface area contributed by atoms with Crippen molar-refractivity contribution in [3.05, 3.63) is 87.7 Å². The molecule has 16 heteroatoms. The van der Waals surface area contributed by atoms with Crippen molar-refractivity contribution in [2.45, 2.75) is 29.7 Å². The molecule has 0 unspecified atom stereocenters. The Balaban J connectivity index is 1.35. The second kappa shape index (κ2) is 12.4. The predicted octanol–water partition coefficient (Wildman–Crippen LogP) is 6.13. The van der Waals surface area contributed by atoms with Gasteiger partial charge in [0.1, 0.15) is 5.82 Å². The largest absolute Gasteiger partial charge is 0.417 e. The van der Waals surface area contributed by atoms with Gasteiger partial charge in [-0.05, 0) is 67.4 Å². The fraction of sp³-hybridized carbons (Fsp3) is 0.269. The Morgan fingerprint density at radius 1 is 0.905 bits per heavy atom. The van der Waals surface area contributed by atoms with Crippen LogP contribution in [0.15, 0.2) is 65.6 Å². The van der Waals surface area contributed by atoms with Crippen molar-refractivity contribution in [2.24, 2.45) is 5.92 Å². The lowest BCUT2D eigenvalue weighted by molar-refractivity contribution is -0.137. The Morgan fingerprint density at radius 3 is 2.12 bits per heavy atom. The monoisotopic (exact) mass is 667 g/mol. The van der Waals surface area contributed by atoms with E-state index in [-0.39, 0.29) is 52.8 Å². The van der Waals surface area contributed by atoms with E-state index in [4.69, 9.17) is 23.2 Å². The number of alkyl halides is 3. The first-order valence-electron chi connectivity index (χ1n) is 12.3. The second-order valence-electron chi connectivity index (χ2n) is 9.44.